The summed E-state index contributed by atoms with van der Waals surface area (Å²) in [6, 6.07) is 10.0. The standard InChI is InChI=1S/C35H34N8O2S/c1-19-7-24(14-36-31(19)41-34-40-27-5-3-4-6-28(27)46-34)42-18-38-30-29(33(44)45)26(15-37-32(30)42)25-16-39-43(20(25)2)17-35-11-21-8-22(12-35)10-23(9-21)13-35/h3-7,14-16,18,21-23H,8-13,17H2,1-2H3,(H,44,45)(H,36,40,41). The minimum absolute atomic E-state index is 0.139. The molecule has 0 unspecified atom stereocenters. The second kappa shape index (κ2) is 10.2. The Hall–Kier alpha value is -4.64. The van der Waals surface area contributed by atoms with Crippen LogP contribution in [0.3, 0.4) is 0 Å². The van der Waals surface area contributed by atoms with Crippen molar-refractivity contribution in [1.29, 1.82) is 0 Å². The molecular weight excluding hydrogens is 597 g/mol. The number of hydrogen-bond donors (Lipinski definition) is 2. The Morgan fingerprint density at radius 2 is 1.76 bits per heavy atom. The molecule has 0 radical (unpaired) electrons. The van der Waals surface area contributed by atoms with Gasteiger partial charge in [0.25, 0.3) is 0 Å². The Kier molecular flexibility index (Phi) is 6.12. The highest BCUT2D eigenvalue weighted by Gasteiger charge is 2.51. The van der Waals surface area contributed by atoms with Gasteiger partial charge in [0.1, 0.15) is 17.7 Å². The number of rotatable bonds is 7. The third-order valence-electron chi connectivity index (χ3n) is 10.7. The second-order valence-corrected chi connectivity index (χ2v) is 14.9. The highest BCUT2D eigenvalue weighted by atomic mass is 32.1. The minimum atomic E-state index is -1.04. The molecule has 10 nitrogen and oxygen atoms in total. The van der Waals surface area contributed by atoms with E-state index in [1.165, 1.54) is 38.5 Å². The van der Waals surface area contributed by atoms with Crippen LogP contribution in [-0.4, -0.2) is 45.4 Å². The summed E-state index contributed by atoms with van der Waals surface area (Å²) in [5.74, 6) is 2.27. The minimum Gasteiger partial charge on any atom is -0.478 e. The molecule has 1 aromatic carbocycles. The first-order valence-corrected chi connectivity index (χ1v) is 16.9. The molecule has 0 aliphatic heterocycles. The number of nitrogens with one attached hydrogen (secondary N) is 1. The van der Waals surface area contributed by atoms with Crippen LogP contribution in [0, 0.1) is 37.0 Å². The Morgan fingerprint density at radius 3 is 2.48 bits per heavy atom. The molecule has 4 aliphatic carbocycles. The van der Waals surface area contributed by atoms with Crippen molar-refractivity contribution in [3.8, 4) is 16.8 Å². The van der Waals surface area contributed by atoms with Crippen molar-refractivity contribution in [2.24, 2.45) is 23.2 Å². The normalized spacial score (nSPS) is 23.5. The molecule has 5 heterocycles. The number of benzene rings is 1. The van der Waals surface area contributed by atoms with Gasteiger partial charge in [-0.3, -0.25) is 9.25 Å². The van der Waals surface area contributed by atoms with Gasteiger partial charge in [0.2, 0.25) is 0 Å². The molecule has 11 heteroatoms. The average Bonchev–Trinajstić information content (AvgIpc) is 3.73. The maximum atomic E-state index is 12.8. The Morgan fingerprint density at radius 1 is 1.00 bits per heavy atom. The molecule has 0 spiro atoms. The first-order chi connectivity index (χ1) is 22.3. The summed E-state index contributed by atoms with van der Waals surface area (Å²) >= 11 is 1.58. The van der Waals surface area contributed by atoms with Crippen molar-refractivity contribution < 1.29 is 9.90 Å². The van der Waals surface area contributed by atoms with E-state index in [0.717, 1.165) is 62.2 Å². The zero-order valence-corrected chi connectivity index (χ0v) is 26.6. The van der Waals surface area contributed by atoms with Gasteiger partial charge >= 0.3 is 5.97 Å². The van der Waals surface area contributed by atoms with Crippen LogP contribution in [0.2, 0.25) is 0 Å². The summed E-state index contributed by atoms with van der Waals surface area (Å²) in [6.07, 6.45) is 14.9. The quantitative estimate of drug-likeness (QED) is 0.185. The largest absolute Gasteiger partial charge is 0.478 e. The molecule has 4 aliphatic rings. The van der Waals surface area contributed by atoms with Crippen LogP contribution in [0.15, 0.2) is 55.2 Å². The maximum Gasteiger partial charge on any atom is 0.338 e. The van der Waals surface area contributed by atoms with Gasteiger partial charge in [-0.1, -0.05) is 23.5 Å². The monoisotopic (exact) mass is 630 g/mol. The molecular formula is C35H34N8O2S. The predicted octanol–water partition coefficient (Wildman–Crippen LogP) is 7.56. The number of pyridine rings is 2. The molecule has 2 N–H and O–H groups in total. The lowest BCUT2D eigenvalue weighted by atomic mass is 9.49. The van der Waals surface area contributed by atoms with Crippen molar-refractivity contribution in [2.45, 2.75) is 58.9 Å². The number of carboxylic acid groups (broad SMARTS) is 1. The molecule has 4 saturated carbocycles. The number of aryl methyl sites for hydroxylation is 1. The SMILES string of the molecule is Cc1cc(-n2cnc3c(C(=O)O)c(-c4cnn(CC56CC7CC(CC(C7)C5)C6)c4C)cnc32)cnc1Nc1nc2ccccc2s1. The highest BCUT2D eigenvalue weighted by Crippen LogP contribution is 2.60. The molecule has 10 rings (SSSR count). The number of nitrogens with zero attached hydrogens (tertiary/aromatic N) is 7. The third kappa shape index (κ3) is 4.43. The number of para-hydroxylation sites is 1. The van der Waals surface area contributed by atoms with Crippen LogP contribution in [-0.2, 0) is 6.54 Å². The summed E-state index contributed by atoms with van der Waals surface area (Å²) < 4.78 is 5.01. The zero-order valence-electron chi connectivity index (χ0n) is 25.8. The van der Waals surface area contributed by atoms with E-state index < -0.39 is 5.97 Å². The average molecular weight is 631 g/mol. The molecule has 4 fully saturated rings. The summed E-state index contributed by atoms with van der Waals surface area (Å²) in [5, 5.41) is 19.4. The van der Waals surface area contributed by atoms with E-state index in [2.05, 4.69) is 31.9 Å². The Bertz CT molecular complexity index is 2110. The van der Waals surface area contributed by atoms with E-state index in [-0.39, 0.29) is 5.56 Å². The van der Waals surface area contributed by atoms with E-state index in [4.69, 9.17) is 10.1 Å². The summed E-state index contributed by atoms with van der Waals surface area (Å²) in [4.78, 5) is 31.4. The van der Waals surface area contributed by atoms with E-state index in [0.29, 0.717) is 28.0 Å². The van der Waals surface area contributed by atoms with Gasteiger partial charge in [0.15, 0.2) is 10.8 Å². The number of carbonyl (C=O) groups is 1. The molecule has 4 bridgehead atoms. The zero-order chi connectivity index (χ0) is 31.2. The topological polar surface area (TPSA) is 124 Å². The fourth-order valence-electron chi connectivity index (χ4n) is 9.09. The van der Waals surface area contributed by atoms with E-state index in [9.17, 15) is 9.90 Å². The number of thiazole rings is 1. The maximum absolute atomic E-state index is 12.8. The molecule has 0 atom stereocenters. The van der Waals surface area contributed by atoms with Crippen molar-refractivity contribution >= 4 is 49.6 Å². The lowest BCUT2D eigenvalue weighted by molar-refractivity contribution is -0.0638. The number of aromatic carboxylic acids is 1. The lowest BCUT2D eigenvalue weighted by Gasteiger charge is -2.56. The Balaban J connectivity index is 1.03. The fraction of sp³-hybridized carbons (Fsp3) is 0.371. The van der Waals surface area contributed by atoms with Crippen LogP contribution in [0.1, 0.15) is 60.1 Å². The van der Waals surface area contributed by atoms with E-state index in [1.807, 2.05) is 43.5 Å². The van der Waals surface area contributed by atoms with Crippen molar-refractivity contribution in [3.05, 3.63) is 72.1 Å². The summed E-state index contributed by atoms with van der Waals surface area (Å²) in [6.45, 7) is 4.93. The van der Waals surface area contributed by atoms with Gasteiger partial charge in [0.05, 0.1) is 33.9 Å². The van der Waals surface area contributed by atoms with Crippen LogP contribution >= 0.6 is 11.3 Å². The number of imidazole rings is 1. The van der Waals surface area contributed by atoms with Crippen LogP contribution < -0.4 is 5.32 Å². The second-order valence-electron chi connectivity index (χ2n) is 13.8. The third-order valence-corrected chi connectivity index (χ3v) is 11.6. The van der Waals surface area contributed by atoms with E-state index in [1.54, 1.807) is 34.6 Å². The van der Waals surface area contributed by atoms with Crippen molar-refractivity contribution in [3.63, 3.8) is 0 Å². The van der Waals surface area contributed by atoms with Crippen molar-refractivity contribution in [1.82, 2.24) is 34.3 Å². The van der Waals surface area contributed by atoms with Crippen LogP contribution in [0.4, 0.5) is 10.9 Å². The predicted molar refractivity (Wildman–Crippen MR) is 178 cm³/mol. The van der Waals surface area contributed by atoms with Gasteiger partial charge < -0.3 is 10.4 Å². The first kappa shape index (κ1) is 27.7. The number of carboxylic acids is 1. The van der Waals surface area contributed by atoms with Gasteiger partial charge in [-0.05, 0) is 99.3 Å². The first-order valence-electron chi connectivity index (χ1n) is 16.0. The molecule has 46 heavy (non-hydrogen) atoms. The van der Waals surface area contributed by atoms with E-state index >= 15 is 0 Å². The molecule has 232 valence electrons. The van der Waals surface area contributed by atoms with Crippen molar-refractivity contribution in [2.75, 3.05) is 5.32 Å². The highest BCUT2D eigenvalue weighted by molar-refractivity contribution is 7.22. The van der Waals surface area contributed by atoms with Gasteiger partial charge in [-0.25, -0.2) is 24.7 Å². The summed E-state index contributed by atoms with van der Waals surface area (Å²) in [5.41, 5.74) is 6.19. The fourth-order valence-corrected chi connectivity index (χ4v) is 9.96. The smallest absolute Gasteiger partial charge is 0.338 e. The number of anilines is 2. The Labute approximate surface area is 269 Å². The summed E-state index contributed by atoms with van der Waals surface area (Å²) in [7, 11) is 0. The van der Waals surface area contributed by atoms with Crippen LogP contribution in [0.5, 0.6) is 0 Å². The molecule has 5 aromatic heterocycles. The van der Waals surface area contributed by atoms with Gasteiger partial charge in [0, 0.05) is 29.6 Å². The number of aromatic nitrogens is 7. The molecule has 0 saturated heterocycles. The van der Waals surface area contributed by atoms with Crippen LogP contribution in [0.25, 0.3) is 38.2 Å². The molecule has 6 aromatic rings. The van der Waals surface area contributed by atoms with Gasteiger partial charge in [-0.2, -0.15) is 5.10 Å². The number of hydrogen-bond acceptors (Lipinski definition) is 8. The lowest BCUT2D eigenvalue weighted by Crippen LogP contribution is -2.48. The number of fused-ring (bicyclic) bond motifs is 2. The molecule has 0 amide bonds. The van der Waals surface area contributed by atoms with Gasteiger partial charge in [-0.15, -0.1) is 0 Å².